The molecule has 1 saturated heterocycles. The van der Waals surface area contributed by atoms with Gasteiger partial charge in [0.1, 0.15) is 12.3 Å². The summed E-state index contributed by atoms with van der Waals surface area (Å²) in [6.45, 7) is 1.72. The molecule has 5 heteroatoms. The van der Waals surface area contributed by atoms with E-state index in [9.17, 15) is 4.79 Å². The molecular weight excluding hydrogens is 218 g/mol. The lowest BCUT2D eigenvalue weighted by atomic mass is 10.1. The van der Waals surface area contributed by atoms with Crippen LogP contribution in [0.3, 0.4) is 0 Å². The molecule has 1 aromatic rings. The molecule has 1 aliphatic rings. The maximum atomic E-state index is 11.6. The highest BCUT2D eigenvalue weighted by Crippen LogP contribution is 2.07. The number of carbonyl (C=O) groups excluding carboxylic acids is 1. The predicted octanol–water partition coefficient (Wildman–Crippen LogP) is 0.818. The number of nitrogens with one attached hydrogen (secondary N) is 1. The van der Waals surface area contributed by atoms with Crippen LogP contribution in [0, 0.1) is 0 Å². The van der Waals surface area contributed by atoms with Crippen molar-refractivity contribution in [3.63, 3.8) is 0 Å². The smallest absolute Gasteiger partial charge is 0.208 e. The number of hydrogen-bond acceptors (Lipinski definition) is 5. The van der Waals surface area contributed by atoms with Crippen molar-refractivity contribution in [1.29, 1.82) is 0 Å². The van der Waals surface area contributed by atoms with Crippen LogP contribution < -0.4 is 5.32 Å². The maximum absolute atomic E-state index is 11.6. The molecular formula is C12H17N3O2. The van der Waals surface area contributed by atoms with Crippen LogP contribution in [0.25, 0.3) is 0 Å². The van der Waals surface area contributed by atoms with E-state index in [1.165, 1.54) is 25.2 Å². The highest BCUT2D eigenvalue weighted by atomic mass is 16.5. The first-order valence-corrected chi connectivity index (χ1v) is 5.96. The van der Waals surface area contributed by atoms with Gasteiger partial charge in [-0.05, 0) is 19.4 Å². The predicted molar refractivity (Wildman–Crippen MR) is 62.8 cm³/mol. The summed E-state index contributed by atoms with van der Waals surface area (Å²) in [6, 6.07) is 0.387. The van der Waals surface area contributed by atoms with Crippen LogP contribution >= 0.6 is 0 Å². The first kappa shape index (κ1) is 12.1. The van der Waals surface area contributed by atoms with Crippen molar-refractivity contribution in [2.75, 3.05) is 19.8 Å². The number of aromatic nitrogens is 2. The monoisotopic (exact) mass is 235 g/mol. The Morgan fingerprint density at radius 2 is 2.41 bits per heavy atom. The summed E-state index contributed by atoms with van der Waals surface area (Å²) in [4.78, 5) is 19.4. The maximum Gasteiger partial charge on any atom is 0.208 e. The summed E-state index contributed by atoms with van der Waals surface area (Å²) in [5.41, 5.74) is 0.365. The Morgan fingerprint density at radius 1 is 1.47 bits per heavy atom. The Bertz CT molecular complexity index is 350. The van der Waals surface area contributed by atoms with E-state index >= 15 is 0 Å². The molecule has 1 atom stereocenters. The molecule has 0 aliphatic carbocycles. The van der Waals surface area contributed by atoms with Gasteiger partial charge in [0.2, 0.25) is 5.78 Å². The molecule has 0 spiro atoms. The van der Waals surface area contributed by atoms with E-state index in [0.29, 0.717) is 18.3 Å². The fraction of sp³-hybridized carbons (Fsp3) is 0.583. The van der Waals surface area contributed by atoms with Crippen molar-refractivity contribution in [2.45, 2.75) is 25.3 Å². The third-order valence-electron chi connectivity index (χ3n) is 2.81. The van der Waals surface area contributed by atoms with Gasteiger partial charge in [-0.1, -0.05) is 6.42 Å². The molecule has 1 aromatic heterocycles. The van der Waals surface area contributed by atoms with Crippen LogP contribution in [-0.2, 0) is 4.74 Å². The minimum absolute atomic E-state index is 0.0802. The second-order valence-electron chi connectivity index (χ2n) is 4.18. The number of hydrogen-bond donors (Lipinski definition) is 1. The second-order valence-corrected chi connectivity index (χ2v) is 4.18. The van der Waals surface area contributed by atoms with Crippen LogP contribution in [0.4, 0.5) is 0 Å². The first-order chi connectivity index (χ1) is 8.36. The van der Waals surface area contributed by atoms with Crippen molar-refractivity contribution in [1.82, 2.24) is 15.3 Å². The van der Waals surface area contributed by atoms with Crippen molar-refractivity contribution >= 4 is 5.78 Å². The zero-order chi connectivity index (χ0) is 11.9. The van der Waals surface area contributed by atoms with E-state index < -0.39 is 0 Å². The van der Waals surface area contributed by atoms with Crippen molar-refractivity contribution in [3.05, 3.63) is 24.3 Å². The van der Waals surface area contributed by atoms with Gasteiger partial charge in [-0.25, -0.2) is 4.98 Å². The summed E-state index contributed by atoms with van der Waals surface area (Å²) in [6.07, 6.45) is 8.11. The Kier molecular flexibility index (Phi) is 4.58. The molecule has 1 aliphatic heterocycles. The zero-order valence-electron chi connectivity index (χ0n) is 9.76. The number of rotatable bonds is 5. The van der Waals surface area contributed by atoms with E-state index in [1.807, 2.05) is 0 Å². The Labute approximate surface area is 101 Å². The molecule has 1 N–H and O–H groups in total. The molecule has 1 fully saturated rings. The highest BCUT2D eigenvalue weighted by molar-refractivity contribution is 5.94. The average Bonchev–Trinajstić information content (AvgIpc) is 2.41. The van der Waals surface area contributed by atoms with Crippen LogP contribution in [0.1, 0.15) is 29.8 Å². The zero-order valence-corrected chi connectivity index (χ0v) is 9.76. The number of ether oxygens (including phenoxy) is 1. The molecule has 0 radical (unpaired) electrons. The van der Waals surface area contributed by atoms with Gasteiger partial charge >= 0.3 is 0 Å². The minimum atomic E-state index is -0.117. The lowest BCUT2D eigenvalue weighted by molar-refractivity contribution is 0.0686. The number of carbonyl (C=O) groups is 1. The third kappa shape index (κ3) is 3.87. The number of nitrogens with zero attached hydrogens (tertiary/aromatic N) is 2. The van der Waals surface area contributed by atoms with Crippen molar-refractivity contribution < 1.29 is 9.53 Å². The molecule has 0 amide bonds. The molecule has 0 bridgehead atoms. The number of piperidine rings is 1. The van der Waals surface area contributed by atoms with E-state index in [1.54, 1.807) is 6.20 Å². The fourth-order valence-corrected chi connectivity index (χ4v) is 1.88. The van der Waals surface area contributed by atoms with E-state index in [-0.39, 0.29) is 12.4 Å². The molecule has 17 heavy (non-hydrogen) atoms. The van der Waals surface area contributed by atoms with Gasteiger partial charge in [-0.15, -0.1) is 0 Å². The number of ketones is 1. The lowest BCUT2D eigenvalue weighted by Gasteiger charge is -2.22. The van der Waals surface area contributed by atoms with Gasteiger partial charge in [-0.2, -0.15) is 0 Å². The number of Topliss-reactive ketones (excluding diaryl/α,β-unsaturated/α-hetero) is 1. The van der Waals surface area contributed by atoms with Crippen LogP contribution in [0.5, 0.6) is 0 Å². The molecule has 92 valence electrons. The van der Waals surface area contributed by atoms with Gasteiger partial charge in [0, 0.05) is 18.4 Å². The quantitative estimate of drug-likeness (QED) is 0.765. The Hall–Kier alpha value is -1.33. The molecule has 2 rings (SSSR count). The van der Waals surface area contributed by atoms with E-state index in [2.05, 4.69) is 15.3 Å². The lowest BCUT2D eigenvalue weighted by Crippen LogP contribution is -2.38. The summed E-state index contributed by atoms with van der Waals surface area (Å²) in [5, 5.41) is 3.37. The molecule has 5 nitrogen and oxygen atoms in total. The fourth-order valence-electron chi connectivity index (χ4n) is 1.88. The summed E-state index contributed by atoms with van der Waals surface area (Å²) >= 11 is 0. The van der Waals surface area contributed by atoms with Crippen LogP contribution in [-0.4, -0.2) is 41.6 Å². The van der Waals surface area contributed by atoms with Gasteiger partial charge in [-0.3, -0.25) is 9.78 Å². The van der Waals surface area contributed by atoms with E-state index in [0.717, 1.165) is 13.0 Å². The van der Waals surface area contributed by atoms with E-state index in [4.69, 9.17) is 4.74 Å². The summed E-state index contributed by atoms with van der Waals surface area (Å²) in [5.74, 6) is -0.117. The molecule has 0 aromatic carbocycles. The van der Waals surface area contributed by atoms with Gasteiger partial charge in [0.15, 0.2) is 0 Å². The third-order valence-corrected chi connectivity index (χ3v) is 2.81. The van der Waals surface area contributed by atoms with Crippen molar-refractivity contribution in [2.24, 2.45) is 0 Å². The van der Waals surface area contributed by atoms with Crippen molar-refractivity contribution in [3.8, 4) is 0 Å². The standard InChI is InChI=1S/C12H17N3O2/c16-12(11-7-13-5-6-15-11)9-17-8-10-3-1-2-4-14-10/h5-7,10,14H,1-4,8-9H2/t10-/m1/s1. The molecule has 0 saturated carbocycles. The summed E-state index contributed by atoms with van der Waals surface area (Å²) < 4.78 is 5.41. The van der Waals surface area contributed by atoms with Crippen LogP contribution in [0.2, 0.25) is 0 Å². The average molecular weight is 235 g/mol. The van der Waals surface area contributed by atoms with Gasteiger partial charge < -0.3 is 10.1 Å². The molecule has 2 heterocycles. The topological polar surface area (TPSA) is 64.1 Å². The summed E-state index contributed by atoms with van der Waals surface area (Å²) in [7, 11) is 0. The second kappa shape index (κ2) is 6.42. The molecule has 0 unspecified atom stereocenters. The first-order valence-electron chi connectivity index (χ1n) is 5.96. The minimum Gasteiger partial charge on any atom is -0.372 e. The van der Waals surface area contributed by atoms with Crippen LogP contribution in [0.15, 0.2) is 18.6 Å². The Balaban J connectivity index is 1.69. The highest BCUT2D eigenvalue weighted by Gasteiger charge is 2.14. The Morgan fingerprint density at radius 3 is 3.12 bits per heavy atom. The SMILES string of the molecule is O=C(COC[C@H]1CCCCN1)c1cnccn1. The van der Waals surface area contributed by atoms with Gasteiger partial charge in [0.25, 0.3) is 0 Å². The van der Waals surface area contributed by atoms with Gasteiger partial charge in [0.05, 0.1) is 12.8 Å². The normalized spacial score (nSPS) is 20.1. The largest absolute Gasteiger partial charge is 0.372 e.